The highest BCUT2D eigenvalue weighted by Crippen LogP contribution is 2.22. The molecule has 1 N–H and O–H groups in total. The largest absolute Gasteiger partial charge is 0.324 e. The van der Waals surface area contributed by atoms with Crippen molar-refractivity contribution in [1.82, 2.24) is 4.31 Å². The molecule has 7 heteroatoms. The van der Waals surface area contributed by atoms with Crippen LogP contribution in [0.3, 0.4) is 0 Å². The third-order valence-electron chi connectivity index (χ3n) is 3.63. The van der Waals surface area contributed by atoms with Crippen molar-refractivity contribution in [2.75, 3.05) is 18.1 Å². The minimum Gasteiger partial charge on any atom is -0.324 e. The second kappa shape index (κ2) is 6.11. The first-order valence-electron chi connectivity index (χ1n) is 6.83. The normalized spacial score (nSPS) is 20.2. The topological polar surface area (TPSA) is 66.5 Å². The zero-order chi connectivity index (χ0) is 15.6. The number of sulfonamides is 1. The number of hydrogen-bond donors (Lipinski definition) is 1. The van der Waals surface area contributed by atoms with E-state index in [-0.39, 0.29) is 11.7 Å². The molecular formula is C14H19FN2O3S. The highest BCUT2D eigenvalue weighted by molar-refractivity contribution is 7.88. The van der Waals surface area contributed by atoms with Crippen LogP contribution >= 0.6 is 0 Å². The Balaban J connectivity index is 2.18. The van der Waals surface area contributed by atoms with E-state index in [1.165, 1.54) is 22.5 Å². The molecular weight excluding hydrogens is 295 g/mol. The lowest BCUT2D eigenvalue weighted by Gasteiger charge is -2.32. The van der Waals surface area contributed by atoms with Gasteiger partial charge in [0.05, 0.1) is 6.26 Å². The smallest absolute Gasteiger partial charge is 0.242 e. The van der Waals surface area contributed by atoms with Gasteiger partial charge in [-0.1, -0.05) is 6.42 Å². The molecule has 1 amide bonds. The SMILES string of the molecule is Cc1cc(F)ccc1NC(=O)C1CCCCN1S(C)(=O)=O. The summed E-state index contributed by atoms with van der Waals surface area (Å²) in [6.07, 6.45) is 3.18. The number of aryl methyl sites for hydroxylation is 1. The van der Waals surface area contributed by atoms with Crippen LogP contribution in [0.15, 0.2) is 18.2 Å². The highest BCUT2D eigenvalue weighted by atomic mass is 32.2. The van der Waals surface area contributed by atoms with Crippen molar-refractivity contribution in [3.05, 3.63) is 29.6 Å². The summed E-state index contributed by atoms with van der Waals surface area (Å²) in [5.41, 5.74) is 1.10. The van der Waals surface area contributed by atoms with Crippen molar-refractivity contribution in [1.29, 1.82) is 0 Å². The molecule has 1 aromatic rings. The van der Waals surface area contributed by atoms with Gasteiger partial charge in [0, 0.05) is 12.2 Å². The minimum absolute atomic E-state index is 0.360. The van der Waals surface area contributed by atoms with E-state index < -0.39 is 16.1 Å². The Hall–Kier alpha value is -1.47. The van der Waals surface area contributed by atoms with Gasteiger partial charge in [-0.15, -0.1) is 0 Å². The molecule has 0 spiro atoms. The molecule has 21 heavy (non-hydrogen) atoms. The predicted molar refractivity (Wildman–Crippen MR) is 79.0 cm³/mol. The van der Waals surface area contributed by atoms with E-state index in [9.17, 15) is 17.6 Å². The van der Waals surface area contributed by atoms with Crippen molar-refractivity contribution in [3.63, 3.8) is 0 Å². The summed E-state index contributed by atoms with van der Waals surface area (Å²) in [4.78, 5) is 12.4. The van der Waals surface area contributed by atoms with Gasteiger partial charge in [0.15, 0.2) is 0 Å². The molecule has 5 nitrogen and oxygen atoms in total. The first kappa shape index (κ1) is 15.9. The van der Waals surface area contributed by atoms with Gasteiger partial charge in [-0.25, -0.2) is 12.8 Å². The number of halogens is 1. The molecule has 0 aromatic heterocycles. The molecule has 1 fully saturated rings. The molecule has 1 atom stereocenters. The van der Waals surface area contributed by atoms with Crippen LogP contribution in [0, 0.1) is 12.7 Å². The number of nitrogens with one attached hydrogen (secondary N) is 1. The molecule has 1 aromatic carbocycles. The van der Waals surface area contributed by atoms with Crippen molar-refractivity contribution in [3.8, 4) is 0 Å². The van der Waals surface area contributed by atoms with Gasteiger partial charge < -0.3 is 5.32 Å². The van der Waals surface area contributed by atoms with Crippen LogP contribution in [0.25, 0.3) is 0 Å². The van der Waals surface area contributed by atoms with Crippen LogP contribution < -0.4 is 5.32 Å². The summed E-state index contributed by atoms with van der Waals surface area (Å²) in [6.45, 7) is 2.05. The van der Waals surface area contributed by atoms with Crippen LogP contribution in [0.4, 0.5) is 10.1 Å². The predicted octanol–water partition coefficient (Wildman–Crippen LogP) is 1.89. The summed E-state index contributed by atoms with van der Waals surface area (Å²) in [6, 6.07) is 3.37. The van der Waals surface area contributed by atoms with Crippen LogP contribution in [-0.4, -0.2) is 37.5 Å². The highest BCUT2D eigenvalue weighted by Gasteiger charge is 2.34. The maximum Gasteiger partial charge on any atom is 0.242 e. The Morgan fingerprint density at radius 3 is 2.71 bits per heavy atom. The average Bonchev–Trinajstić information content (AvgIpc) is 2.41. The number of rotatable bonds is 3. The summed E-state index contributed by atoms with van der Waals surface area (Å²) >= 11 is 0. The van der Waals surface area contributed by atoms with E-state index in [0.717, 1.165) is 19.1 Å². The van der Waals surface area contributed by atoms with Crippen LogP contribution in [0.5, 0.6) is 0 Å². The molecule has 0 radical (unpaired) electrons. The molecule has 116 valence electrons. The van der Waals surface area contributed by atoms with Crippen LogP contribution in [0.2, 0.25) is 0 Å². The number of carbonyl (C=O) groups excluding carboxylic acids is 1. The zero-order valence-corrected chi connectivity index (χ0v) is 12.9. The van der Waals surface area contributed by atoms with Crippen LogP contribution in [-0.2, 0) is 14.8 Å². The molecule has 2 rings (SSSR count). The minimum atomic E-state index is -3.42. The molecule has 0 bridgehead atoms. The van der Waals surface area contributed by atoms with Gasteiger partial charge in [0.2, 0.25) is 15.9 Å². The van der Waals surface area contributed by atoms with Gasteiger partial charge >= 0.3 is 0 Å². The second-order valence-electron chi connectivity index (χ2n) is 5.33. The van der Waals surface area contributed by atoms with E-state index >= 15 is 0 Å². The van der Waals surface area contributed by atoms with Gasteiger partial charge in [-0.2, -0.15) is 4.31 Å². The third kappa shape index (κ3) is 3.79. The fourth-order valence-corrected chi connectivity index (χ4v) is 3.67. The fourth-order valence-electron chi connectivity index (χ4n) is 2.55. The lowest BCUT2D eigenvalue weighted by molar-refractivity contribution is -0.120. The van der Waals surface area contributed by atoms with Crippen molar-refractivity contribution in [2.45, 2.75) is 32.2 Å². The number of nitrogens with zero attached hydrogens (tertiary/aromatic N) is 1. The van der Waals surface area contributed by atoms with E-state index in [1.54, 1.807) is 6.92 Å². The van der Waals surface area contributed by atoms with E-state index in [1.807, 2.05) is 0 Å². The van der Waals surface area contributed by atoms with E-state index in [4.69, 9.17) is 0 Å². The van der Waals surface area contributed by atoms with Crippen molar-refractivity contribution >= 4 is 21.6 Å². The first-order chi connectivity index (χ1) is 9.79. The van der Waals surface area contributed by atoms with Gasteiger partial charge in [-0.3, -0.25) is 4.79 Å². The molecule has 1 aliphatic heterocycles. The Labute approximate surface area is 124 Å². The maximum atomic E-state index is 13.1. The second-order valence-corrected chi connectivity index (χ2v) is 7.27. The Morgan fingerprint density at radius 1 is 1.38 bits per heavy atom. The summed E-state index contributed by atoms with van der Waals surface area (Å²) in [5, 5.41) is 2.70. The Morgan fingerprint density at radius 2 is 2.10 bits per heavy atom. The lowest BCUT2D eigenvalue weighted by atomic mass is 10.0. The maximum absolute atomic E-state index is 13.1. The number of benzene rings is 1. The first-order valence-corrected chi connectivity index (χ1v) is 8.67. The molecule has 1 aliphatic rings. The molecule has 1 heterocycles. The van der Waals surface area contributed by atoms with E-state index in [2.05, 4.69) is 5.32 Å². The van der Waals surface area contributed by atoms with Gasteiger partial charge in [-0.05, 0) is 43.5 Å². The molecule has 1 unspecified atom stereocenters. The molecule has 1 saturated heterocycles. The zero-order valence-electron chi connectivity index (χ0n) is 12.1. The lowest BCUT2D eigenvalue weighted by Crippen LogP contribution is -2.49. The number of hydrogen-bond acceptors (Lipinski definition) is 3. The molecule has 0 aliphatic carbocycles. The standard InChI is InChI=1S/C14H19FN2O3S/c1-10-9-11(15)6-7-12(10)16-14(18)13-5-3-4-8-17(13)21(2,19)20/h6-7,9,13H,3-5,8H2,1-2H3,(H,16,18). The monoisotopic (exact) mass is 314 g/mol. The summed E-state index contributed by atoms with van der Waals surface area (Å²) in [5.74, 6) is -0.740. The molecule has 0 saturated carbocycles. The van der Waals surface area contributed by atoms with Crippen molar-refractivity contribution in [2.24, 2.45) is 0 Å². The van der Waals surface area contributed by atoms with Crippen molar-refractivity contribution < 1.29 is 17.6 Å². The Kier molecular flexibility index (Phi) is 4.63. The summed E-state index contributed by atoms with van der Waals surface area (Å²) in [7, 11) is -3.42. The van der Waals surface area contributed by atoms with Gasteiger partial charge in [0.25, 0.3) is 0 Å². The summed E-state index contributed by atoms with van der Waals surface area (Å²) < 4.78 is 37.8. The van der Waals surface area contributed by atoms with E-state index in [0.29, 0.717) is 24.2 Å². The number of anilines is 1. The average molecular weight is 314 g/mol. The number of piperidine rings is 1. The quantitative estimate of drug-likeness (QED) is 0.926. The Bertz CT molecular complexity index is 646. The third-order valence-corrected chi connectivity index (χ3v) is 4.92. The van der Waals surface area contributed by atoms with Crippen LogP contribution in [0.1, 0.15) is 24.8 Å². The fraction of sp³-hybridized carbons (Fsp3) is 0.500. The van der Waals surface area contributed by atoms with Gasteiger partial charge in [0.1, 0.15) is 11.9 Å². The number of amides is 1. The number of carbonyl (C=O) groups is 1.